The maximum atomic E-state index is 13.5. The molecular weight excluding hydrogens is 341 g/mol. The summed E-state index contributed by atoms with van der Waals surface area (Å²) in [5, 5.41) is 10.5. The molecule has 0 bridgehead atoms. The smallest absolute Gasteiger partial charge is 0.123 e. The van der Waals surface area contributed by atoms with Gasteiger partial charge in [-0.05, 0) is 35.4 Å². The lowest BCUT2D eigenvalue weighted by Gasteiger charge is -2.25. The molecule has 0 amide bonds. The number of hydrogen-bond acceptors (Lipinski definition) is 3. The fraction of sp³-hybridized carbons (Fsp3) is 0.217. The lowest BCUT2D eigenvalue weighted by Crippen LogP contribution is -2.35. The number of ether oxygens (including phenoxy) is 1. The van der Waals surface area contributed by atoms with Crippen LogP contribution in [0, 0.1) is 5.82 Å². The van der Waals surface area contributed by atoms with Gasteiger partial charge in [0, 0.05) is 19.6 Å². The van der Waals surface area contributed by atoms with Crippen LogP contribution in [0.25, 0.3) is 0 Å². The van der Waals surface area contributed by atoms with Crippen LogP contribution in [0.4, 0.5) is 4.39 Å². The Morgan fingerprint density at radius 1 is 0.815 bits per heavy atom. The van der Waals surface area contributed by atoms with Crippen LogP contribution >= 0.6 is 0 Å². The second-order valence-corrected chi connectivity index (χ2v) is 6.56. The van der Waals surface area contributed by atoms with Crippen molar-refractivity contribution in [2.45, 2.75) is 19.2 Å². The Morgan fingerprint density at radius 2 is 1.44 bits per heavy atom. The van der Waals surface area contributed by atoms with Crippen LogP contribution in [0.15, 0.2) is 84.9 Å². The summed E-state index contributed by atoms with van der Waals surface area (Å²) in [6.07, 6.45) is -0.650. The minimum atomic E-state index is -0.650. The van der Waals surface area contributed by atoms with Crippen molar-refractivity contribution < 1.29 is 14.2 Å². The molecule has 0 aliphatic rings. The average molecular weight is 365 g/mol. The Kier molecular flexibility index (Phi) is 6.97. The molecule has 27 heavy (non-hydrogen) atoms. The van der Waals surface area contributed by atoms with Crippen molar-refractivity contribution in [3.63, 3.8) is 0 Å². The van der Waals surface area contributed by atoms with Gasteiger partial charge in [0.15, 0.2) is 0 Å². The lowest BCUT2D eigenvalue weighted by molar-refractivity contribution is 0.0628. The molecule has 1 atom stereocenters. The van der Waals surface area contributed by atoms with Gasteiger partial charge in [0.1, 0.15) is 24.3 Å². The highest BCUT2D eigenvalue weighted by Crippen LogP contribution is 2.13. The number of aliphatic hydroxyl groups excluding tert-OH is 1. The number of para-hydroxylation sites is 1. The Hall–Kier alpha value is -2.69. The van der Waals surface area contributed by atoms with Crippen LogP contribution in [0.3, 0.4) is 0 Å². The summed E-state index contributed by atoms with van der Waals surface area (Å²) in [6, 6.07) is 26.1. The Labute approximate surface area is 159 Å². The molecule has 0 spiro atoms. The molecule has 0 aliphatic heterocycles. The molecule has 140 valence electrons. The van der Waals surface area contributed by atoms with Gasteiger partial charge in [-0.15, -0.1) is 0 Å². The molecule has 0 saturated heterocycles. The molecule has 1 unspecified atom stereocenters. The normalized spacial score (nSPS) is 12.1. The second-order valence-electron chi connectivity index (χ2n) is 6.56. The molecule has 1 N–H and O–H groups in total. The van der Waals surface area contributed by atoms with E-state index < -0.39 is 6.10 Å². The highest BCUT2D eigenvalue weighted by atomic mass is 19.1. The summed E-state index contributed by atoms with van der Waals surface area (Å²) < 4.78 is 19.2. The van der Waals surface area contributed by atoms with Gasteiger partial charge in [-0.1, -0.05) is 60.7 Å². The zero-order valence-electron chi connectivity index (χ0n) is 15.2. The highest BCUT2D eigenvalue weighted by molar-refractivity contribution is 5.21. The van der Waals surface area contributed by atoms with E-state index in [0.29, 0.717) is 19.6 Å². The molecule has 0 heterocycles. The van der Waals surface area contributed by atoms with Crippen LogP contribution in [0.5, 0.6) is 5.75 Å². The predicted octanol–water partition coefficient (Wildman–Crippen LogP) is 4.27. The third kappa shape index (κ3) is 6.51. The fourth-order valence-electron chi connectivity index (χ4n) is 2.98. The first kappa shape index (κ1) is 19.1. The summed E-state index contributed by atoms with van der Waals surface area (Å²) in [7, 11) is 0. The van der Waals surface area contributed by atoms with Crippen LogP contribution in [-0.2, 0) is 13.1 Å². The van der Waals surface area contributed by atoms with Gasteiger partial charge in [-0.25, -0.2) is 4.39 Å². The Morgan fingerprint density at radius 3 is 2.15 bits per heavy atom. The Bertz CT molecular complexity index is 811. The minimum absolute atomic E-state index is 0.207. The van der Waals surface area contributed by atoms with E-state index in [-0.39, 0.29) is 12.4 Å². The van der Waals surface area contributed by atoms with E-state index in [1.54, 1.807) is 6.07 Å². The van der Waals surface area contributed by atoms with Crippen molar-refractivity contribution in [1.29, 1.82) is 0 Å². The van der Waals surface area contributed by atoms with E-state index >= 15 is 0 Å². The van der Waals surface area contributed by atoms with Crippen LogP contribution in [-0.4, -0.2) is 29.3 Å². The highest BCUT2D eigenvalue weighted by Gasteiger charge is 2.14. The summed E-state index contributed by atoms with van der Waals surface area (Å²) in [4.78, 5) is 2.10. The molecule has 0 aromatic heterocycles. The minimum Gasteiger partial charge on any atom is -0.491 e. The number of aliphatic hydroxyl groups is 1. The maximum Gasteiger partial charge on any atom is 0.123 e. The summed E-state index contributed by atoms with van der Waals surface area (Å²) >= 11 is 0. The Balaban J connectivity index is 1.63. The van der Waals surface area contributed by atoms with Gasteiger partial charge in [0.05, 0.1) is 0 Å². The fourth-order valence-corrected chi connectivity index (χ4v) is 2.98. The summed E-state index contributed by atoms with van der Waals surface area (Å²) in [5.41, 5.74) is 2.02. The second kappa shape index (κ2) is 9.86. The first-order valence-electron chi connectivity index (χ1n) is 9.06. The van der Waals surface area contributed by atoms with Crippen molar-refractivity contribution in [1.82, 2.24) is 4.90 Å². The van der Waals surface area contributed by atoms with E-state index in [2.05, 4.69) is 4.90 Å². The van der Waals surface area contributed by atoms with Gasteiger partial charge in [-0.2, -0.15) is 0 Å². The first-order chi connectivity index (χ1) is 13.2. The number of hydrogen-bond donors (Lipinski definition) is 1. The van der Waals surface area contributed by atoms with Crippen molar-refractivity contribution in [3.8, 4) is 5.75 Å². The third-order valence-corrected chi connectivity index (χ3v) is 4.20. The first-order valence-corrected chi connectivity index (χ1v) is 9.06. The average Bonchev–Trinajstić information content (AvgIpc) is 2.68. The molecule has 0 saturated carbocycles. The van der Waals surface area contributed by atoms with Crippen molar-refractivity contribution in [2.75, 3.05) is 13.2 Å². The number of benzene rings is 3. The van der Waals surface area contributed by atoms with Crippen molar-refractivity contribution in [2.24, 2.45) is 0 Å². The quantitative estimate of drug-likeness (QED) is 0.615. The molecule has 0 radical (unpaired) electrons. The molecule has 4 heteroatoms. The molecule has 0 aliphatic carbocycles. The monoisotopic (exact) mass is 365 g/mol. The van der Waals surface area contributed by atoms with Gasteiger partial charge >= 0.3 is 0 Å². The lowest BCUT2D eigenvalue weighted by atomic mass is 10.1. The zero-order chi connectivity index (χ0) is 18.9. The van der Waals surface area contributed by atoms with Crippen LogP contribution in [0.1, 0.15) is 11.1 Å². The molecule has 3 rings (SSSR count). The molecule has 3 nitrogen and oxygen atoms in total. The van der Waals surface area contributed by atoms with Gasteiger partial charge < -0.3 is 9.84 Å². The topological polar surface area (TPSA) is 32.7 Å². The molecule has 3 aromatic carbocycles. The van der Waals surface area contributed by atoms with Gasteiger partial charge in [0.2, 0.25) is 0 Å². The third-order valence-electron chi connectivity index (χ3n) is 4.20. The SMILES string of the molecule is OC(COc1ccccc1)CN(Cc1ccccc1)Cc1cccc(F)c1. The molecule has 3 aromatic rings. The van der Waals surface area contributed by atoms with E-state index in [1.807, 2.05) is 66.7 Å². The van der Waals surface area contributed by atoms with E-state index in [0.717, 1.165) is 16.9 Å². The predicted molar refractivity (Wildman–Crippen MR) is 105 cm³/mol. The molecule has 0 fully saturated rings. The standard InChI is InChI=1S/C23H24FNO2/c24-21-11-7-10-20(14-21)16-25(15-19-8-3-1-4-9-19)17-22(26)18-27-23-12-5-2-6-13-23/h1-14,22,26H,15-18H2. The van der Waals surface area contributed by atoms with E-state index in [1.165, 1.54) is 12.1 Å². The largest absolute Gasteiger partial charge is 0.491 e. The van der Waals surface area contributed by atoms with Crippen molar-refractivity contribution in [3.05, 3.63) is 102 Å². The zero-order valence-corrected chi connectivity index (χ0v) is 15.2. The van der Waals surface area contributed by atoms with Gasteiger partial charge in [0.25, 0.3) is 0 Å². The van der Waals surface area contributed by atoms with E-state index in [9.17, 15) is 9.50 Å². The number of nitrogens with zero attached hydrogens (tertiary/aromatic N) is 1. The number of rotatable bonds is 9. The van der Waals surface area contributed by atoms with Crippen molar-refractivity contribution >= 4 is 0 Å². The summed E-state index contributed by atoms with van der Waals surface area (Å²) in [5.74, 6) is 0.483. The maximum absolute atomic E-state index is 13.5. The van der Waals surface area contributed by atoms with Crippen LogP contribution in [0.2, 0.25) is 0 Å². The van der Waals surface area contributed by atoms with Gasteiger partial charge in [-0.3, -0.25) is 4.90 Å². The summed E-state index contributed by atoms with van der Waals surface area (Å²) in [6.45, 7) is 1.85. The van der Waals surface area contributed by atoms with E-state index in [4.69, 9.17) is 4.74 Å². The van der Waals surface area contributed by atoms with Crippen LogP contribution < -0.4 is 4.74 Å². The molecular formula is C23H24FNO2. The number of halogens is 1.